The second-order valence-electron chi connectivity index (χ2n) is 4.97. The summed E-state index contributed by atoms with van der Waals surface area (Å²) in [7, 11) is 0. The van der Waals surface area contributed by atoms with Gasteiger partial charge in [0.05, 0.1) is 0 Å². The van der Waals surface area contributed by atoms with Crippen LogP contribution in [-0.4, -0.2) is 17.0 Å². The molecular weight excluding hydrogens is 266 g/mol. The molecule has 0 heterocycles. The van der Waals surface area contributed by atoms with Gasteiger partial charge in [-0.25, -0.2) is 4.79 Å². The van der Waals surface area contributed by atoms with E-state index in [2.05, 4.69) is 5.32 Å². The molecule has 0 radical (unpaired) electrons. The Labute approximate surface area is 123 Å². The topological polar surface area (TPSA) is 66.4 Å². The number of hydrogen-bond donors (Lipinski definition) is 2. The minimum Gasteiger partial charge on any atom is -0.479 e. The lowest BCUT2D eigenvalue weighted by molar-refractivity contribution is -0.139. The Morgan fingerprint density at radius 3 is 2.29 bits per heavy atom. The highest BCUT2D eigenvalue weighted by Gasteiger charge is 2.23. The lowest BCUT2D eigenvalue weighted by Gasteiger charge is -2.16. The van der Waals surface area contributed by atoms with E-state index < -0.39 is 12.0 Å². The van der Waals surface area contributed by atoms with Gasteiger partial charge in [-0.05, 0) is 31.0 Å². The number of nitrogens with one attached hydrogen (secondary N) is 1. The van der Waals surface area contributed by atoms with Gasteiger partial charge in [0.15, 0.2) is 6.04 Å². The van der Waals surface area contributed by atoms with Crippen molar-refractivity contribution in [3.63, 3.8) is 0 Å². The summed E-state index contributed by atoms with van der Waals surface area (Å²) in [6.07, 6.45) is 0. The molecular formula is C17H17NO3. The van der Waals surface area contributed by atoms with Gasteiger partial charge in [0.2, 0.25) is 0 Å². The van der Waals surface area contributed by atoms with Crippen molar-refractivity contribution in [1.82, 2.24) is 5.32 Å². The van der Waals surface area contributed by atoms with E-state index in [9.17, 15) is 14.7 Å². The second-order valence-corrected chi connectivity index (χ2v) is 4.97. The average Bonchev–Trinajstić information content (AvgIpc) is 2.45. The number of amides is 1. The maximum atomic E-state index is 12.3. The number of benzene rings is 2. The monoisotopic (exact) mass is 283 g/mol. The van der Waals surface area contributed by atoms with Crippen molar-refractivity contribution in [3.05, 3.63) is 70.8 Å². The number of rotatable bonds is 4. The third-order valence-corrected chi connectivity index (χ3v) is 3.28. The van der Waals surface area contributed by atoms with Gasteiger partial charge in [0, 0.05) is 5.56 Å². The van der Waals surface area contributed by atoms with E-state index in [1.165, 1.54) is 0 Å². The van der Waals surface area contributed by atoms with Crippen LogP contribution in [0.15, 0.2) is 48.5 Å². The highest BCUT2D eigenvalue weighted by molar-refractivity contribution is 5.98. The minimum absolute atomic E-state index is 0.385. The van der Waals surface area contributed by atoms with Gasteiger partial charge < -0.3 is 10.4 Å². The smallest absolute Gasteiger partial charge is 0.330 e. The van der Waals surface area contributed by atoms with Gasteiger partial charge in [-0.3, -0.25) is 4.79 Å². The molecule has 4 heteroatoms. The molecule has 1 amide bonds. The number of aliphatic carboxylic acids is 1. The summed E-state index contributed by atoms with van der Waals surface area (Å²) < 4.78 is 0. The molecule has 108 valence electrons. The van der Waals surface area contributed by atoms with Gasteiger partial charge in [0.1, 0.15) is 0 Å². The Bertz CT molecular complexity index is 665. The molecule has 2 aromatic carbocycles. The number of carboxylic acid groups (broad SMARTS) is 1. The molecule has 0 saturated carbocycles. The maximum Gasteiger partial charge on any atom is 0.330 e. The van der Waals surface area contributed by atoms with Crippen molar-refractivity contribution in [2.45, 2.75) is 19.9 Å². The number of carboxylic acids is 1. The molecule has 0 aliphatic heterocycles. The zero-order valence-electron chi connectivity index (χ0n) is 12.0. The molecule has 21 heavy (non-hydrogen) atoms. The van der Waals surface area contributed by atoms with Crippen molar-refractivity contribution in [1.29, 1.82) is 0 Å². The second kappa shape index (κ2) is 6.22. The minimum atomic E-state index is -1.08. The third-order valence-electron chi connectivity index (χ3n) is 3.28. The molecule has 2 aromatic rings. The highest BCUT2D eigenvalue weighted by atomic mass is 16.4. The molecule has 1 atom stereocenters. The van der Waals surface area contributed by atoms with E-state index >= 15 is 0 Å². The van der Waals surface area contributed by atoms with E-state index in [4.69, 9.17) is 0 Å². The molecule has 2 rings (SSSR count). The van der Waals surface area contributed by atoms with Crippen LogP contribution in [0.5, 0.6) is 0 Å². The Kier molecular flexibility index (Phi) is 4.38. The molecule has 0 saturated heterocycles. The molecule has 0 aliphatic rings. The Morgan fingerprint density at radius 1 is 1.05 bits per heavy atom. The van der Waals surface area contributed by atoms with Gasteiger partial charge in [-0.2, -0.15) is 0 Å². The van der Waals surface area contributed by atoms with E-state index in [1.54, 1.807) is 36.4 Å². The van der Waals surface area contributed by atoms with Crippen molar-refractivity contribution in [2.75, 3.05) is 0 Å². The predicted molar refractivity (Wildman–Crippen MR) is 80.2 cm³/mol. The molecule has 0 aliphatic carbocycles. The van der Waals surface area contributed by atoms with Crippen LogP contribution in [0.2, 0.25) is 0 Å². The van der Waals surface area contributed by atoms with Crippen LogP contribution in [-0.2, 0) is 4.79 Å². The first-order valence-electron chi connectivity index (χ1n) is 6.65. The van der Waals surface area contributed by atoms with Crippen molar-refractivity contribution >= 4 is 11.9 Å². The van der Waals surface area contributed by atoms with Gasteiger partial charge >= 0.3 is 5.97 Å². The molecule has 0 spiro atoms. The van der Waals surface area contributed by atoms with E-state index in [0.29, 0.717) is 11.1 Å². The summed E-state index contributed by atoms with van der Waals surface area (Å²) in [6, 6.07) is 13.0. The number of carbonyl (C=O) groups excluding carboxylic acids is 1. The first kappa shape index (κ1) is 14.8. The summed E-state index contributed by atoms with van der Waals surface area (Å²) >= 11 is 0. The number of carbonyl (C=O) groups is 2. The molecule has 0 bridgehead atoms. The van der Waals surface area contributed by atoms with Crippen LogP contribution < -0.4 is 5.32 Å². The van der Waals surface area contributed by atoms with Gasteiger partial charge in [-0.15, -0.1) is 0 Å². The Hall–Kier alpha value is -2.62. The fourth-order valence-corrected chi connectivity index (χ4v) is 2.21. The number of aryl methyl sites for hydroxylation is 2. The quantitative estimate of drug-likeness (QED) is 0.906. The standard InChI is InChI=1S/C17H17NO3/c1-11-8-9-14(12(2)10-11)16(19)18-15(17(20)21)13-6-4-3-5-7-13/h3-10,15H,1-2H3,(H,18,19)(H,20,21)/t15-/m0/s1. The molecule has 2 N–H and O–H groups in total. The van der Waals surface area contributed by atoms with E-state index in [0.717, 1.165) is 11.1 Å². The van der Waals surface area contributed by atoms with Gasteiger partial charge in [0.25, 0.3) is 5.91 Å². The van der Waals surface area contributed by atoms with Crippen molar-refractivity contribution in [3.8, 4) is 0 Å². The first-order chi connectivity index (χ1) is 9.99. The van der Waals surface area contributed by atoms with E-state index in [1.807, 2.05) is 26.0 Å². The fourth-order valence-electron chi connectivity index (χ4n) is 2.21. The summed E-state index contributed by atoms with van der Waals surface area (Å²) in [5.41, 5.74) is 2.91. The lowest BCUT2D eigenvalue weighted by Crippen LogP contribution is -2.34. The predicted octanol–water partition coefficient (Wildman–Crippen LogP) is 2.86. The summed E-state index contributed by atoms with van der Waals surface area (Å²) in [4.78, 5) is 23.7. The van der Waals surface area contributed by atoms with Crippen LogP contribution in [0.4, 0.5) is 0 Å². The largest absolute Gasteiger partial charge is 0.479 e. The van der Waals surface area contributed by atoms with Crippen molar-refractivity contribution in [2.24, 2.45) is 0 Å². The van der Waals surface area contributed by atoms with Crippen LogP contribution in [0.3, 0.4) is 0 Å². The zero-order chi connectivity index (χ0) is 15.4. The normalized spacial score (nSPS) is 11.7. The molecule has 4 nitrogen and oxygen atoms in total. The van der Waals surface area contributed by atoms with Crippen LogP contribution in [0.25, 0.3) is 0 Å². The summed E-state index contributed by atoms with van der Waals surface area (Å²) in [5.74, 6) is -1.47. The van der Waals surface area contributed by atoms with Gasteiger partial charge in [-0.1, -0.05) is 48.0 Å². The highest BCUT2D eigenvalue weighted by Crippen LogP contribution is 2.16. The summed E-state index contributed by atoms with van der Waals surface area (Å²) in [6.45, 7) is 3.78. The molecule has 0 unspecified atom stereocenters. The van der Waals surface area contributed by atoms with Crippen LogP contribution in [0.1, 0.15) is 33.1 Å². The Morgan fingerprint density at radius 2 is 1.71 bits per heavy atom. The average molecular weight is 283 g/mol. The maximum absolute atomic E-state index is 12.3. The molecule has 0 aromatic heterocycles. The van der Waals surface area contributed by atoms with Crippen LogP contribution >= 0.6 is 0 Å². The molecule has 0 fully saturated rings. The fraction of sp³-hybridized carbons (Fsp3) is 0.176. The SMILES string of the molecule is Cc1ccc(C(=O)N[C@H](C(=O)O)c2ccccc2)c(C)c1. The lowest BCUT2D eigenvalue weighted by atomic mass is 10.0. The zero-order valence-corrected chi connectivity index (χ0v) is 12.0. The third kappa shape index (κ3) is 3.48. The number of hydrogen-bond acceptors (Lipinski definition) is 2. The Balaban J connectivity index is 2.25. The first-order valence-corrected chi connectivity index (χ1v) is 6.65. The van der Waals surface area contributed by atoms with Crippen LogP contribution in [0, 0.1) is 13.8 Å². The van der Waals surface area contributed by atoms with Crippen molar-refractivity contribution < 1.29 is 14.7 Å². The van der Waals surface area contributed by atoms with E-state index in [-0.39, 0.29) is 5.91 Å². The summed E-state index contributed by atoms with van der Waals surface area (Å²) in [5, 5.41) is 11.9.